The first kappa shape index (κ1) is 40.4. The lowest BCUT2D eigenvalue weighted by Gasteiger charge is -2.15. The first-order valence-corrected chi connectivity index (χ1v) is 20.2. The van der Waals surface area contributed by atoms with Gasteiger partial charge in [0.05, 0.1) is 0 Å². The van der Waals surface area contributed by atoms with E-state index < -0.39 is 0 Å². The average Bonchev–Trinajstić information content (AvgIpc) is 3.30. The summed E-state index contributed by atoms with van der Waals surface area (Å²) >= 11 is 0. The molecular formula is C54H40N2O8. The maximum Gasteiger partial charge on any atom is 0.169 e. The highest BCUT2D eigenvalue weighted by Gasteiger charge is 2.13. The van der Waals surface area contributed by atoms with Crippen molar-refractivity contribution >= 4 is 11.4 Å². The van der Waals surface area contributed by atoms with Crippen molar-refractivity contribution in [3.05, 3.63) is 218 Å². The molecule has 0 saturated heterocycles. The number of hydrogen-bond donors (Lipinski definition) is 2. The van der Waals surface area contributed by atoms with Crippen molar-refractivity contribution in [1.82, 2.24) is 0 Å². The minimum Gasteiger partial charge on any atom is -0.457 e. The Bertz CT molecular complexity index is 2790. The molecule has 0 spiro atoms. The highest BCUT2D eigenvalue weighted by atomic mass is 16.5. The summed E-state index contributed by atoms with van der Waals surface area (Å²) in [6, 6.07) is 66.2. The average molecular weight is 845 g/mol. The van der Waals surface area contributed by atoms with Gasteiger partial charge in [0, 0.05) is 41.7 Å². The van der Waals surface area contributed by atoms with Gasteiger partial charge in [-0.05, 0) is 133 Å². The number of hydrogen-bond acceptors (Lipinski definition) is 10. The van der Waals surface area contributed by atoms with Crippen molar-refractivity contribution in [3.8, 4) is 92.0 Å². The van der Waals surface area contributed by atoms with Crippen LogP contribution in [0, 0.1) is 0 Å². The van der Waals surface area contributed by atoms with E-state index in [0.29, 0.717) is 103 Å². The first-order chi connectivity index (χ1) is 31.4. The molecule has 0 radical (unpaired) electrons. The van der Waals surface area contributed by atoms with Crippen LogP contribution in [0.1, 0.15) is 0 Å². The summed E-state index contributed by atoms with van der Waals surface area (Å²) < 4.78 is 49.4. The van der Waals surface area contributed by atoms with E-state index in [-0.39, 0.29) is 0 Å². The van der Waals surface area contributed by atoms with Gasteiger partial charge < -0.3 is 49.4 Å². The van der Waals surface area contributed by atoms with Crippen molar-refractivity contribution in [2.75, 3.05) is 11.5 Å². The molecule has 0 fully saturated rings. The topological polar surface area (TPSA) is 126 Å². The summed E-state index contributed by atoms with van der Waals surface area (Å²) in [4.78, 5) is 0. The molecule has 10 nitrogen and oxygen atoms in total. The monoisotopic (exact) mass is 844 g/mol. The molecule has 0 heterocycles. The fraction of sp³-hybridized carbons (Fsp3) is 0. The van der Waals surface area contributed by atoms with Crippen LogP contribution in [0.3, 0.4) is 0 Å². The quantitative estimate of drug-likeness (QED) is 0.0908. The van der Waals surface area contributed by atoms with E-state index in [1.165, 1.54) is 0 Å². The molecule has 9 rings (SSSR count). The summed E-state index contributed by atoms with van der Waals surface area (Å²) in [5.74, 6) is 9.36. The van der Waals surface area contributed by atoms with Crippen molar-refractivity contribution in [2.24, 2.45) is 0 Å². The van der Waals surface area contributed by atoms with Crippen LogP contribution in [-0.4, -0.2) is 0 Å². The third-order valence-corrected chi connectivity index (χ3v) is 9.33. The van der Waals surface area contributed by atoms with E-state index in [0.717, 1.165) is 0 Å². The van der Waals surface area contributed by atoms with Gasteiger partial charge in [0.1, 0.15) is 69.0 Å². The Hall–Kier alpha value is -9.02. The summed E-state index contributed by atoms with van der Waals surface area (Å²) in [7, 11) is 0. The second kappa shape index (κ2) is 19.1. The Kier molecular flexibility index (Phi) is 12.1. The van der Waals surface area contributed by atoms with Gasteiger partial charge >= 0.3 is 0 Å². The molecule has 0 amide bonds. The highest BCUT2D eigenvalue weighted by Crippen LogP contribution is 2.40. The third-order valence-electron chi connectivity index (χ3n) is 9.33. The van der Waals surface area contributed by atoms with Crippen molar-refractivity contribution in [1.29, 1.82) is 0 Å². The summed E-state index contributed by atoms with van der Waals surface area (Å²) in [5.41, 5.74) is 13.0. The molecular weight excluding hydrogens is 805 g/mol. The van der Waals surface area contributed by atoms with Gasteiger partial charge in [-0.1, -0.05) is 54.6 Å². The predicted octanol–water partition coefficient (Wildman–Crippen LogP) is 15.2. The number of benzene rings is 9. The molecule has 314 valence electrons. The first-order valence-electron chi connectivity index (χ1n) is 20.2. The van der Waals surface area contributed by atoms with Gasteiger partial charge in [-0.3, -0.25) is 0 Å². The van der Waals surface area contributed by atoms with Crippen molar-refractivity contribution < 1.29 is 37.9 Å². The number of anilines is 2. The molecule has 64 heavy (non-hydrogen) atoms. The third kappa shape index (κ3) is 10.8. The van der Waals surface area contributed by atoms with Gasteiger partial charge in [0.15, 0.2) is 23.0 Å². The summed E-state index contributed by atoms with van der Waals surface area (Å²) in [6.07, 6.45) is 0. The van der Waals surface area contributed by atoms with Crippen LogP contribution in [-0.2, 0) is 0 Å². The lowest BCUT2D eigenvalue weighted by molar-refractivity contribution is 0.405. The second-order valence-corrected chi connectivity index (χ2v) is 14.2. The van der Waals surface area contributed by atoms with Crippen LogP contribution in [0.2, 0.25) is 0 Å². The standard InChI is InChI=1S/C54H40N2O8/c55-37-10-5-12-43(32-37)57-39-24-28-41(29-25-39)59-45-14-7-16-47(34-45)61-51-20-1-3-22-53(51)63-49-18-9-19-50(36-49)64-54-23-4-2-21-52(54)62-48-17-8-15-46(35-48)60-42-30-26-40(27-31-42)58-44-13-6-11-38(56)33-44/h1-36H,55-56H2. The summed E-state index contributed by atoms with van der Waals surface area (Å²) in [6.45, 7) is 0. The zero-order valence-electron chi connectivity index (χ0n) is 34.2. The number of nitrogens with two attached hydrogens (primary N) is 2. The van der Waals surface area contributed by atoms with Crippen molar-refractivity contribution in [2.45, 2.75) is 0 Å². The van der Waals surface area contributed by atoms with E-state index >= 15 is 0 Å². The molecule has 0 aliphatic heterocycles. The summed E-state index contributed by atoms with van der Waals surface area (Å²) in [5, 5.41) is 0. The molecule has 0 saturated carbocycles. The lowest BCUT2D eigenvalue weighted by atomic mass is 10.2. The van der Waals surface area contributed by atoms with E-state index in [9.17, 15) is 0 Å². The van der Waals surface area contributed by atoms with E-state index in [4.69, 9.17) is 49.4 Å². The van der Waals surface area contributed by atoms with E-state index in [1.807, 2.05) is 200 Å². The minimum atomic E-state index is 0.509. The van der Waals surface area contributed by atoms with Crippen LogP contribution >= 0.6 is 0 Å². The van der Waals surface area contributed by atoms with E-state index in [2.05, 4.69) is 0 Å². The molecule has 9 aromatic carbocycles. The largest absolute Gasteiger partial charge is 0.457 e. The Morgan fingerprint density at radius 2 is 0.406 bits per heavy atom. The zero-order valence-corrected chi connectivity index (χ0v) is 34.2. The van der Waals surface area contributed by atoms with Gasteiger partial charge in [0.2, 0.25) is 0 Å². The maximum absolute atomic E-state index is 6.36. The van der Waals surface area contributed by atoms with Crippen LogP contribution in [0.4, 0.5) is 11.4 Å². The van der Waals surface area contributed by atoms with Crippen LogP contribution in [0.15, 0.2) is 218 Å². The van der Waals surface area contributed by atoms with Gasteiger partial charge in [-0.25, -0.2) is 0 Å². The smallest absolute Gasteiger partial charge is 0.169 e. The number of para-hydroxylation sites is 4. The van der Waals surface area contributed by atoms with E-state index in [1.54, 1.807) is 18.2 Å². The predicted molar refractivity (Wildman–Crippen MR) is 247 cm³/mol. The molecule has 0 aromatic heterocycles. The molecule has 0 aliphatic carbocycles. The normalized spacial score (nSPS) is 10.6. The van der Waals surface area contributed by atoms with Crippen LogP contribution in [0.5, 0.6) is 92.0 Å². The van der Waals surface area contributed by atoms with Crippen LogP contribution in [0.25, 0.3) is 0 Å². The van der Waals surface area contributed by atoms with Crippen LogP contribution < -0.4 is 49.4 Å². The fourth-order valence-electron chi connectivity index (χ4n) is 6.40. The highest BCUT2D eigenvalue weighted by molar-refractivity contribution is 5.51. The molecule has 0 unspecified atom stereocenters. The molecule has 0 atom stereocenters. The minimum absolute atomic E-state index is 0.509. The number of nitrogen functional groups attached to an aromatic ring is 2. The second-order valence-electron chi connectivity index (χ2n) is 14.2. The Labute approximate surface area is 369 Å². The van der Waals surface area contributed by atoms with Gasteiger partial charge in [0.25, 0.3) is 0 Å². The molecule has 9 aromatic rings. The Balaban J connectivity index is 0.822. The van der Waals surface area contributed by atoms with Gasteiger partial charge in [-0.15, -0.1) is 0 Å². The molecule has 10 heteroatoms. The Morgan fingerprint density at radius 1 is 0.188 bits per heavy atom. The maximum atomic E-state index is 6.36. The Morgan fingerprint density at radius 3 is 0.656 bits per heavy atom. The van der Waals surface area contributed by atoms with Crippen molar-refractivity contribution in [3.63, 3.8) is 0 Å². The molecule has 4 N–H and O–H groups in total. The number of rotatable bonds is 16. The SMILES string of the molecule is Nc1cccc(Oc2ccc(Oc3cccc(Oc4ccccc4Oc4cccc(Oc5ccccc5Oc5cccc(Oc6ccc(Oc7cccc(N)c7)cc6)c5)c4)c3)cc2)c1. The molecule has 0 aliphatic rings. The zero-order chi connectivity index (χ0) is 43.5. The number of ether oxygens (including phenoxy) is 8. The fourth-order valence-corrected chi connectivity index (χ4v) is 6.40. The lowest BCUT2D eigenvalue weighted by Crippen LogP contribution is -1.93. The van der Waals surface area contributed by atoms with Gasteiger partial charge in [-0.2, -0.15) is 0 Å². The molecule has 0 bridgehead atoms.